The molecule has 0 amide bonds. The van der Waals surface area contributed by atoms with Gasteiger partial charge in [-0.3, -0.25) is 4.79 Å². The molecule has 0 aromatic heterocycles. The summed E-state index contributed by atoms with van der Waals surface area (Å²) in [6, 6.07) is 0. The van der Waals surface area contributed by atoms with Gasteiger partial charge in [0.05, 0.1) is 12.2 Å². The van der Waals surface area contributed by atoms with Crippen LogP contribution in [0.2, 0.25) is 0 Å². The van der Waals surface area contributed by atoms with Crippen LogP contribution in [0.5, 0.6) is 0 Å². The smallest absolute Gasteiger partial charge is 0.303 e. The van der Waals surface area contributed by atoms with Crippen LogP contribution in [-0.2, 0) is 4.79 Å². The highest BCUT2D eigenvalue weighted by molar-refractivity contribution is 5.66. The van der Waals surface area contributed by atoms with E-state index in [1.165, 1.54) is 19.3 Å². The Hall–Kier alpha value is -0.610. The van der Waals surface area contributed by atoms with Gasteiger partial charge in [-0.15, -0.1) is 0 Å². The molecule has 4 saturated carbocycles. The molecule has 4 heteroatoms. The maximum absolute atomic E-state index is 11.4. The SMILES string of the molecule is C[C@H](CCC(=O)O)C1CCC2C3CCC4C[C@H](O)CCC4C3C[C@H](O)[C@@]21C. The van der Waals surface area contributed by atoms with Crippen molar-refractivity contribution in [1.29, 1.82) is 0 Å². The molecular weight excluding hydrogens is 340 g/mol. The van der Waals surface area contributed by atoms with E-state index in [0.29, 0.717) is 35.5 Å². The maximum Gasteiger partial charge on any atom is 0.303 e. The summed E-state index contributed by atoms with van der Waals surface area (Å²) in [4.78, 5) is 11.0. The number of hydrogen-bond donors (Lipinski definition) is 3. The fraction of sp³-hybridized carbons (Fsp3) is 0.957. The highest BCUT2D eigenvalue weighted by Crippen LogP contribution is 2.65. The predicted octanol–water partition coefficient (Wildman–Crippen LogP) is 4.09. The lowest BCUT2D eigenvalue weighted by Crippen LogP contribution is -2.55. The van der Waals surface area contributed by atoms with Crippen molar-refractivity contribution in [3.8, 4) is 0 Å². The summed E-state index contributed by atoms with van der Waals surface area (Å²) in [6.45, 7) is 4.53. The monoisotopic (exact) mass is 378 g/mol. The first-order valence-corrected chi connectivity index (χ1v) is 11.4. The molecule has 0 bridgehead atoms. The molecule has 0 heterocycles. The summed E-state index contributed by atoms with van der Waals surface area (Å²) >= 11 is 0. The standard InChI is InChI=1S/C23H38O4/c1-13(3-10-22(26)27)19-8-9-20-17-6-4-14-11-15(24)5-7-16(14)18(17)12-21(25)23(19,20)2/h13-21,24-25H,3-12H2,1-2H3,(H,26,27)/t13-,14?,15-,16?,17?,18?,19?,20?,21+,23-/m1/s1. The van der Waals surface area contributed by atoms with Crippen molar-refractivity contribution in [2.45, 2.75) is 90.3 Å². The Labute approximate surface area is 163 Å². The quantitative estimate of drug-likeness (QED) is 0.688. The minimum Gasteiger partial charge on any atom is -0.481 e. The van der Waals surface area contributed by atoms with Crippen LogP contribution in [0.15, 0.2) is 0 Å². The first kappa shape index (κ1) is 19.7. The van der Waals surface area contributed by atoms with Gasteiger partial charge >= 0.3 is 5.97 Å². The molecule has 0 aromatic carbocycles. The summed E-state index contributed by atoms with van der Waals surface area (Å²) in [6.07, 6.45) is 9.47. The molecule has 0 aromatic rings. The van der Waals surface area contributed by atoms with Gasteiger partial charge in [-0.05, 0) is 105 Å². The minimum atomic E-state index is -0.705. The number of aliphatic hydroxyl groups excluding tert-OH is 2. The van der Waals surface area contributed by atoms with Crippen LogP contribution >= 0.6 is 0 Å². The summed E-state index contributed by atoms with van der Waals surface area (Å²) in [5, 5.41) is 30.5. The van der Waals surface area contributed by atoms with Gasteiger partial charge in [0.1, 0.15) is 0 Å². The number of carboxylic acids is 1. The molecule has 10 atom stereocenters. The van der Waals surface area contributed by atoms with E-state index in [4.69, 9.17) is 5.11 Å². The van der Waals surface area contributed by atoms with E-state index in [9.17, 15) is 15.0 Å². The third-order valence-corrected chi connectivity index (χ3v) is 9.60. The van der Waals surface area contributed by atoms with Gasteiger partial charge in [-0.25, -0.2) is 0 Å². The normalized spacial score (nSPS) is 50.4. The molecule has 0 saturated heterocycles. The predicted molar refractivity (Wildman–Crippen MR) is 104 cm³/mol. The summed E-state index contributed by atoms with van der Waals surface area (Å²) in [5.74, 6) is 3.43. The van der Waals surface area contributed by atoms with Gasteiger partial charge in [-0.1, -0.05) is 13.8 Å². The lowest BCUT2D eigenvalue weighted by atomic mass is 9.48. The van der Waals surface area contributed by atoms with E-state index >= 15 is 0 Å². The van der Waals surface area contributed by atoms with E-state index < -0.39 is 5.97 Å². The Balaban J connectivity index is 1.52. The number of aliphatic hydroxyl groups is 2. The highest BCUT2D eigenvalue weighted by atomic mass is 16.4. The second-order valence-corrected chi connectivity index (χ2v) is 10.6. The number of fused-ring (bicyclic) bond motifs is 5. The molecule has 4 aliphatic rings. The Morgan fingerprint density at radius 3 is 2.48 bits per heavy atom. The molecule has 0 aliphatic heterocycles. The van der Waals surface area contributed by atoms with Gasteiger partial charge in [0.25, 0.3) is 0 Å². The Bertz CT molecular complexity index is 563. The van der Waals surface area contributed by atoms with E-state index in [2.05, 4.69) is 13.8 Å². The van der Waals surface area contributed by atoms with Gasteiger partial charge in [0.2, 0.25) is 0 Å². The second-order valence-electron chi connectivity index (χ2n) is 10.6. The largest absolute Gasteiger partial charge is 0.481 e. The van der Waals surface area contributed by atoms with Gasteiger partial charge < -0.3 is 15.3 Å². The van der Waals surface area contributed by atoms with Crippen molar-refractivity contribution in [3.63, 3.8) is 0 Å². The van der Waals surface area contributed by atoms with Crippen LogP contribution in [0.3, 0.4) is 0 Å². The number of rotatable bonds is 4. The molecule has 3 N–H and O–H groups in total. The van der Waals surface area contributed by atoms with Crippen LogP contribution < -0.4 is 0 Å². The van der Waals surface area contributed by atoms with Crippen molar-refractivity contribution in [2.24, 2.45) is 46.8 Å². The van der Waals surface area contributed by atoms with Crippen molar-refractivity contribution in [1.82, 2.24) is 0 Å². The van der Waals surface area contributed by atoms with Crippen LogP contribution in [0.4, 0.5) is 0 Å². The van der Waals surface area contributed by atoms with Gasteiger partial charge in [0.15, 0.2) is 0 Å². The topological polar surface area (TPSA) is 77.8 Å². The van der Waals surface area contributed by atoms with Crippen LogP contribution in [0.25, 0.3) is 0 Å². The van der Waals surface area contributed by atoms with E-state index in [-0.39, 0.29) is 24.0 Å². The average Bonchev–Trinajstić information content (AvgIpc) is 2.98. The molecule has 27 heavy (non-hydrogen) atoms. The first-order chi connectivity index (χ1) is 12.8. The van der Waals surface area contributed by atoms with Crippen LogP contribution in [0.1, 0.15) is 78.1 Å². The van der Waals surface area contributed by atoms with Crippen LogP contribution in [0, 0.1) is 46.8 Å². The highest BCUT2D eigenvalue weighted by Gasteiger charge is 2.61. The Morgan fingerprint density at radius 1 is 1.00 bits per heavy atom. The number of aliphatic carboxylic acids is 1. The minimum absolute atomic E-state index is 0.0416. The fourth-order valence-corrected chi connectivity index (χ4v) is 8.33. The lowest BCUT2D eigenvalue weighted by Gasteiger charge is -2.58. The van der Waals surface area contributed by atoms with Crippen molar-refractivity contribution in [2.75, 3.05) is 0 Å². The summed E-state index contributed by atoms with van der Waals surface area (Å²) < 4.78 is 0. The van der Waals surface area contributed by atoms with Crippen LogP contribution in [-0.4, -0.2) is 33.5 Å². The molecule has 0 radical (unpaired) electrons. The van der Waals surface area contributed by atoms with E-state index in [1.54, 1.807) is 0 Å². The van der Waals surface area contributed by atoms with Crippen molar-refractivity contribution < 1.29 is 20.1 Å². The molecule has 4 nitrogen and oxygen atoms in total. The first-order valence-electron chi connectivity index (χ1n) is 11.4. The fourth-order valence-electron chi connectivity index (χ4n) is 8.33. The molecule has 0 spiro atoms. The van der Waals surface area contributed by atoms with Crippen molar-refractivity contribution in [3.05, 3.63) is 0 Å². The average molecular weight is 379 g/mol. The molecule has 4 aliphatic carbocycles. The molecule has 4 fully saturated rings. The summed E-state index contributed by atoms with van der Waals surface area (Å²) in [7, 11) is 0. The molecule has 4 rings (SSSR count). The van der Waals surface area contributed by atoms with Gasteiger partial charge in [-0.2, -0.15) is 0 Å². The van der Waals surface area contributed by atoms with Crippen molar-refractivity contribution >= 4 is 5.97 Å². The molecule has 6 unspecified atom stereocenters. The molecular formula is C23H38O4. The molecule has 154 valence electrons. The zero-order chi connectivity index (χ0) is 19.3. The number of hydrogen-bond acceptors (Lipinski definition) is 3. The van der Waals surface area contributed by atoms with Gasteiger partial charge in [0, 0.05) is 6.42 Å². The zero-order valence-corrected chi connectivity index (χ0v) is 17.0. The third-order valence-electron chi connectivity index (χ3n) is 9.60. The second kappa shape index (κ2) is 7.33. The Morgan fingerprint density at radius 2 is 1.74 bits per heavy atom. The third kappa shape index (κ3) is 3.25. The maximum atomic E-state index is 11.4. The lowest BCUT2D eigenvalue weighted by molar-refractivity contribution is -0.148. The number of carbonyl (C=O) groups is 1. The Kier molecular flexibility index (Phi) is 5.35. The van der Waals surface area contributed by atoms with E-state index in [1.807, 2.05) is 0 Å². The zero-order valence-electron chi connectivity index (χ0n) is 17.0. The number of carboxylic acid groups (broad SMARTS) is 1. The van der Waals surface area contributed by atoms with E-state index in [0.717, 1.165) is 44.4 Å². The summed E-state index contributed by atoms with van der Waals surface area (Å²) in [5.41, 5.74) is -0.0416.